The highest BCUT2D eigenvalue weighted by atomic mass is 16.4. The van der Waals surface area contributed by atoms with E-state index in [0.29, 0.717) is 5.84 Å². The van der Waals surface area contributed by atoms with Gasteiger partial charge in [-0.1, -0.05) is 25.9 Å². The molecule has 1 fully saturated rings. The summed E-state index contributed by atoms with van der Waals surface area (Å²) in [4.78, 5) is 14.0. The predicted octanol–water partition coefficient (Wildman–Crippen LogP) is 1.28. The number of carbonyl (C=O) groups excluding carboxylic acids is 1. The molecule has 5 heteroatoms. The van der Waals surface area contributed by atoms with Crippen LogP contribution >= 0.6 is 0 Å². The number of nitrogens with one attached hydrogen (secondary N) is 1. The van der Waals surface area contributed by atoms with Crippen LogP contribution in [0.25, 0.3) is 0 Å². The highest BCUT2D eigenvalue weighted by molar-refractivity contribution is 6.03. The second kappa shape index (κ2) is 5.38. The molecule has 98 valence electrons. The molecule has 1 unspecified atom stereocenters. The van der Waals surface area contributed by atoms with Gasteiger partial charge in [-0.25, -0.2) is 0 Å². The molecule has 1 heterocycles. The van der Waals surface area contributed by atoms with E-state index in [1.54, 1.807) is 7.05 Å². The summed E-state index contributed by atoms with van der Waals surface area (Å²) in [7, 11) is 1.61. The highest BCUT2D eigenvalue weighted by Gasteiger charge is 2.38. The van der Waals surface area contributed by atoms with Gasteiger partial charge in [0, 0.05) is 20.1 Å². The Kier molecular flexibility index (Phi) is 4.37. The normalized spacial score (nSPS) is 19.3. The predicted molar refractivity (Wildman–Crippen MR) is 67.0 cm³/mol. The van der Waals surface area contributed by atoms with Crippen LogP contribution in [-0.4, -0.2) is 42.0 Å². The largest absolute Gasteiger partial charge is 0.409 e. The standard InChI is InChI=1S/C12H23N3O2/c1-12(2,3)9(11(16)13-4)10(14-17)15-7-5-6-8-15/h9,17H,5-8H2,1-4H3,(H,13,16). The number of hydrogen-bond acceptors (Lipinski definition) is 3. The molecule has 0 radical (unpaired) electrons. The maximum absolute atomic E-state index is 12.0. The molecule has 1 amide bonds. The third-order valence-electron chi connectivity index (χ3n) is 3.17. The van der Waals surface area contributed by atoms with Gasteiger partial charge in [0.15, 0.2) is 5.84 Å². The van der Waals surface area contributed by atoms with Gasteiger partial charge in [0.25, 0.3) is 0 Å². The third kappa shape index (κ3) is 3.11. The Labute approximate surface area is 103 Å². The van der Waals surface area contributed by atoms with E-state index in [-0.39, 0.29) is 11.3 Å². The van der Waals surface area contributed by atoms with Crippen molar-refractivity contribution in [3.05, 3.63) is 0 Å². The number of carbonyl (C=O) groups is 1. The van der Waals surface area contributed by atoms with Crippen LogP contribution in [-0.2, 0) is 4.79 Å². The lowest BCUT2D eigenvalue weighted by atomic mass is 9.79. The molecule has 0 saturated carbocycles. The van der Waals surface area contributed by atoms with Crippen LogP contribution in [0.5, 0.6) is 0 Å². The van der Waals surface area contributed by atoms with Crippen molar-refractivity contribution >= 4 is 11.7 Å². The molecule has 17 heavy (non-hydrogen) atoms. The van der Waals surface area contributed by atoms with Crippen molar-refractivity contribution in [3.63, 3.8) is 0 Å². The van der Waals surface area contributed by atoms with Crippen LogP contribution in [0.2, 0.25) is 0 Å². The van der Waals surface area contributed by atoms with E-state index in [0.717, 1.165) is 25.9 Å². The molecule has 1 aliphatic heterocycles. The molecule has 0 aromatic carbocycles. The first-order valence-electron chi connectivity index (χ1n) is 6.10. The maximum atomic E-state index is 12.0. The van der Waals surface area contributed by atoms with Gasteiger partial charge in [0.05, 0.1) is 0 Å². The molecular weight excluding hydrogens is 218 g/mol. The number of hydrogen-bond donors (Lipinski definition) is 2. The van der Waals surface area contributed by atoms with Crippen LogP contribution in [0.3, 0.4) is 0 Å². The van der Waals surface area contributed by atoms with Crippen molar-refractivity contribution in [1.82, 2.24) is 10.2 Å². The second-order valence-corrected chi connectivity index (χ2v) is 5.57. The van der Waals surface area contributed by atoms with Gasteiger partial charge in [0.1, 0.15) is 5.92 Å². The van der Waals surface area contributed by atoms with E-state index in [4.69, 9.17) is 0 Å². The summed E-state index contributed by atoms with van der Waals surface area (Å²) in [6.07, 6.45) is 2.17. The van der Waals surface area contributed by atoms with Crippen LogP contribution in [0, 0.1) is 11.3 Å². The molecule has 0 aliphatic carbocycles. The van der Waals surface area contributed by atoms with Crippen molar-refractivity contribution in [1.29, 1.82) is 0 Å². The van der Waals surface area contributed by atoms with Crippen LogP contribution < -0.4 is 5.32 Å². The van der Waals surface area contributed by atoms with Crippen molar-refractivity contribution in [2.24, 2.45) is 16.5 Å². The quantitative estimate of drug-likeness (QED) is 0.331. The molecular formula is C12H23N3O2. The van der Waals surface area contributed by atoms with Crippen LogP contribution in [0.4, 0.5) is 0 Å². The van der Waals surface area contributed by atoms with Gasteiger partial charge < -0.3 is 15.4 Å². The first-order chi connectivity index (χ1) is 7.91. The number of rotatable bonds is 2. The lowest BCUT2D eigenvalue weighted by Gasteiger charge is -2.33. The Morgan fingerprint density at radius 3 is 2.24 bits per heavy atom. The van der Waals surface area contributed by atoms with E-state index in [1.165, 1.54) is 0 Å². The van der Waals surface area contributed by atoms with Gasteiger partial charge >= 0.3 is 0 Å². The number of amides is 1. The molecule has 0 spiro atoms. The first kappa shape index (κ1) is 13.8. The Bertz CT molecular complexity index is 301. The minimum Gasteiger partial charge on any atom is -0.409 e. The molecule has 0 bridgehead atoms. The van der Waals surface area contributed by atoms with Crippen molar-refractivity contribution in [3.8, 4) is 0 Å². The Balaban J connectivity index is 2.98. The topological polar surface area (TPSA) is 64.9 Å². The minimum absolute atomic E-state index is 0.0998. The Hall–Kier alpha value is -1.26. The second-order valence-electron chi connectivity index (χ2n) is 5.57. The number of amidine groups is 1. The number of oxime groups is 1. The van der Waals surface area contributed by atoms with Gasteiger partial charge in [-0.3, -0.25) is 4.79 Å². The smallest absolute Gasteiger partial charge is 0.231 e. The fourth-order valence-corrected chi connectivity index (χ4v) is 2.29. The zero-order valence-corrected chi connectivity index (χ0v) is 11.2. The van der Waals surface area contributed by atoms with E-state index >= 15 is 0 Å². The van der Waals surface area contributed by atoms with E-state index in [2.05, 4.69) is 10.5 Å². The molecule has 1 atom stereocenters. The first-order valence-corrected chi connectivity index (χ1v) is 6.10. The lowest BCUT2D eigenvalue weighted by Crippen LogP contribution is -2.47. The van der Waals surface area contributed by atoms with Gasteiger partial charge in [-0.15, -0.1) is 0 Å². The fourth-order valence-electron chi connectivity index (χ4n) is 2.29. The summed E-state index contributed by atoms with van der Waals surface area (Å²) in [5.41, 5.74) is -0.274. The summed E-state index contributed by atoms with van der Waals surface area (Å²) in [6, 6.07) is 0. The monoisotopic (exact) mass is 241 g/mol. The average molecular weight is 241 g/mol. The Morgan fingerprint density at radius 2 is 1.88 bits per heavy atom. The van der Waals surface area contributed by atoms with Crippen molar-refractivity contribution in [2.75, 3.05) is 20.1 Å². The van der Waals surface area contributed by atoms with E-state index < -0.39 is 5.92 Å². The van der Waals surface area contributed by atoms with Gasteiger partial charge in [-0.05, 0) is 18.3 Å². The summed E-state index contributed by atoms with van der Waals surface area (Å²) >= 11 is 0. The minimum atomic E-state index is -0.421. The summed E-state index contributed by atoms with van der Waals surface area (Å²) < 4.78 is 0. The van der Waals surface area contributed by atoms with E-state index in [9.17, 15) is 10.0 Å². The summed E-state index contributed by atoms with van der Waals surface area (Å²) in [6.45, 7) is 7.67. The molecule has 1 rings (SSSR count). The van der Waals surface area contributed by atoms with Gasteiger partial charge in [-0.2, -0.15) is 0 Å². The van der Waals surface area contributed by atoms with E-state index in [1.807, 2.05) is 25.7 Å². The lowest BCUT2D eigenvalue weighted by molar-refractivity contribution is -0.125. The summed E-state index contributed by atoms with van der Waals surface area (Å²) in [5.74, 6) is -0.0258. The molecule has 1 saturated heterocycles. The molecule has 5 nitrogen and oxygen atoms in total. The highest BCUT2D eigenvalue weighted by Crippen LogP contribution is 2.29. The summed E-state index contributed by atoms with van der Waals surface area (Å²) in [5, 5.41) is 15.3. The number of likely N-dealkylation sites (tertiary alicyclic amines) is 1. The van der Waals surface area contributed by atoms with Crippen LogP contribution in [0.1, 0.15) is 33.6 Å². The molecule has 0 aromatic rings. The van der Waals surface area contributed by atoms with Gasteiger partial charge in [0.2, 0.25) is 5.91 Å². The third-order valence-corrected chi connectivity index (χ3v) is 3.17. The van der Waals surface area contributed by atoms with Crippen molar-refractivity contribution < 1.29 is 10.0 Å². The van der Waals surface area contributed by atoms with Crippen molar-refractivity contribution in [2.45, 2.75) is 33.6 Å². The number of nitrogens with zero attached hydrogens (tertiary/aromatic N) is 2. The maximum Gasteiger partial charge on any atom is 0.231 e. The molecule has 0 aromatic heterocycles. The molecule has 2 N–H and O–H groups in total. The zero-order valence-electron chi connectivity index (χ0n) is 11.2. The SMILES string of the molecule is CNC(=O)C(C(=NO)N1CCCC1)C(C)(C)C. The zero-order chi connectivity index (χ0) is 13.1. The Morgan fingerprint density at radius 1 is 1.35 bits per heavy atom. The molecule has 1 aliphatic rings. The average Bonchev–Trinajstić information content (AvgIpc) is 2.76. The van der Waals surface area contributed by atoms with Crippen LogP contribution in [0.15, 0.2) is 5.16 Å². The fraction of sp³-hybridized carbons (Fsp3) is 0.833.